The monoisotopic (exact) mass is 228 g/mol. The summed E-state index contributed by atoms with van der Waals surface area (Å²) in [5, 5.41) is 4.47. The average molecular weight is 228 g/mol. The molecule has 0 atom stereocenters. The number of aldehydes is 1. The number of nitrogens with zero attached hydrogens (tertiary/aromatic N) is 2. The number of aromatic nitrogens is 2. The number of carbonyl (C=O) groups excluding carboxylic acids is 1. The Morgan fingerprint density at radius 1 is 1.24 bits per heavy atom. The smallest absolute Gasteiger partial charge is 0.153 e. The molecule has 0 saturated heterocycles. The number of benzene rings is 1. The summed E-state index contributed by atoms with van der Waals surface area (Å²) in [6.45, 7) is 6.12. The Labute approximate surface area is 101 Å². The summed E-state index contributed by atoms with van der Waals surface area (Å²) in [6.07, 6.45) is 2.65. The Morgan fingerprint density at radius 2 is 1.88 bits per heavy atom. The molecule has 0 aliphatic rings. The SMILES string of the molecule is Cc1ccc(-n2cc(C=O)c(C(C)C)n2)cc1. The minimum atomic E-state index is 0.252. The Balaban J connectivity index is 2.46. The highest BCUT2D eigenvalue weighted by atomic mass is 16.1. The van der Waals surface area contributed by atoms with Crippen LogP contribution in [-0.4, -0.2) is 16.1 Å². The highest BCUT2D eigenvalue weighted by Crippen LogP contribution is 2.18. The molecule has 0 unspecified atom stereocenters. The third-order valence-electron chi connectivity index (χ3n) is 2.74. The van der Waals surface area contributed by atoms with Crippen molar-refractivity contribution in [2.24, 2.45) is 0 Å². The molecule has 2 rings (SSSR count). The molecule has 0 spiro atoms. The summed E-state index contributed by atoms with van der Waals surface area (Å²) in [7, 11) is 0. The third-order valence-corrected chi connectivity index (χ3v) is 2.74. The molecule has 0 amide bonds. The summed E-state index contributed by atoms with van der Waals surface area (Å²) in [5.74, 6) is 0.252. The van der Waals surface area contributed by atoms with Gasteiger partial charge in [-0.15, -0.1) is 0 Å². The van der Waals surface area contributed by atoms with Gasteiger partial charge in [0.1, 0.15) is 0 Å². The van der Waals surface area contributed by atoms with Gasteiger partial charge in [0, 0.05) is 6.20 Å². The molecule has 0 aliphatic carbocycles. The Bertz CT molecular complexity index is 524. The molecule has 1 aromatic heterocycles. The molecule has 0 bridgehead atoms. The predicted octanol–water partition coefficient (Wildman–Crippen LogP) is 3.12. The first-order valence-electron chi connectivity index (χ1n) is 5.73. The van der Waals surface area contributed by atoms with Crippen molar-refractivity contribution < 1.29 is 4.79 Å². The highest BCUT2D eigenvalue weighted by Gasteiger charge is 2.12. The van der Waals surface area contributed by atoms with Crippen molar-refractivity contribution in [1.82, 2.24) is 9.78 Å². The lowest BCUT2D eigenvalue weighted by Gasteiger charge is -2.02. The van der Waals surface area contributed by atoms with Crippen molar-refractivity contribution in [2.75, 3.05) is 0 Å². The molecule has 3 nitrogen and oxygen atoms in total. The van der Waals surface area contributed by atoms with Gasteiger partial charge >= 0.3 is 0 Å². The quantitative estimate of drug-likeness (QED) is 0.756. The molecule has 0 aliphatic heterocycles. The van der Waals surface area contributed by atoms with Crippen molar-refractivity contribution in [3.63, 3.8) is 0 Å². The molecule has 0 saturated carbocycles. The van der Waals surface area contributed by atoms with Gasteiger partial charge in [-0.3, -0.25) is 4.79 Å². The van der Waals surface area contributed by atoms with Crippen LogP contribution in [0.3, 0.4) is 0 Å². The van der Waals surface area contributed by atoms with Gasteiger partial charge in [-0.05, 0) is 25.0 Å². The minimum Gasteiger partial charge on any atom is -0.298 e. The lowest BCUT2D eigenvalue weighted by Crippen LogP contribution is -1.97. The van der Waals surface area contributed by atoms with Gasteiger partial charge in [0.15, 0.2) is 6.29 Å². The van der Waals surface area contributed by atoms with E-state index in [0.717, 1.165) is 17.7 Å². The van der Waals surface area contributed by atoms with Crippen molar-refractivity contribution in [3.05, 3.63) is 47.3 Å². The van der Waals surface area contributed by atoms with E-state index in [1.165, 1.54) is 5.56 Å². The van der Waals surface area contributed by atoms with E-state index >= 15 is 0 Å². The number of carbonyl (C=O) groups is 1. The van der Waals surface area contributed by atoms with E-state index in [9.17, 15) is 4.79 Å². The summed E-state index contributed by atoms with van der Waals surface area (Å²) in [5.41, 5.74) is 3.70. The molecule has 0 fully saturated rings. The van der Waals surface area contributed by atoms with Gasteiger partial charge in [-0.1, -0.05) is 31.5 Å². The van der Waals surface area contributed by atoms with Crippen LogP contribution in [-0.2, 0) is 0 Å². The molecule has 2 aromatic rings. The Hall–Kier alpha value is -1.90. The van der Waals surface area contributed by atoms with Gasteiger partial charge in [0.25, 0.3) is 0 Å². The zero-order valence-electron chi connectivity index (χ0n) is 10.3. The van der Waals surface area contributed by atoms with E-state index in [-0.39, 0.29) is 5.92 Å². The van der Waals surface area contributed by atoms with Crippen LogP contribution in [0.5, 0.6) is 0 Å². The van der Waals surface area contributed by atoms with E-state index in [1.54, 1.807) is 10.9 Å². The fraction of sp³-hybridized carbons (Fsp3) is 0.286. The standard InChI is InChI=1S/C14H16N2O/c1-10(2)14-12(9-17)8-16(15-14)13-6-4-11(3)5-7-13/h4-10H,1-3H3. The number of aryl methyl sites for hydroxylation is 1. The molecule has 1 heterocycles. The van der Waals surface area contributed by atoms with Crippen LogP contribution in [0.4, 0.5) is 0 Å². The van der Waals surface area contributed by atoms with E-state index < -0.39 is 0 Å². The lowest BCUT2D eigenvalue weighted by molar-refractivity contribution is 0.112. The molecular weight excluding hydrogens is 212 g/mol. The van der Waals surface area contributed by atoms with Crippen LogP contribution >= 0.6 is 0 Å². The Morgan fingerprint density at radius 3 is 2.35 bits per heavy atom. The summed E-state index contributed by atoms with van der Waals surface area (Å²) in [4.78, 5) is 11.0. The van der Waals surface area contributed by atoms with E-state index in [2.05, 4.69) is 5.10 Å². The first-order valence-corrected chi connectivity index (χ1v) is 5.73. The second kappa shape index (κ2) is 4.53. The van der Waals surface area contributed by atoms with Crippen LogP contribution < -0.4 is 0 Å². The Kier molecular flexibility index (Phi) is 3.09. The van der Waals surface area contributed by atoms with Crippen LogP contribution in [0.15, 0.2) is 30.5 Å². The van der Waals surface area contributed by atoms with Crippen LogP contribution in [0.25, 0.3) is 5.69 Å². The maximum atomic E-state index is 11.0. The predicted molar refractivity (Wildman–Crippen MR) is 67.8 cm³/mol. The molecule has 17 heavy (non-hydrogen) atoms. The largest absolute Gasteiger partial charge is 0.298 e. The second-order valence-electron chi connectivity index (χ2n) is 4.52. The number of rotatable bonds is 3. The maximum Gasteiger partial charge on any atom is 0.153 e. The van der Waals surface area contributed by atoms with Crippen molar-refractivity contribution in [1.29, 1.82) is 0 Å². The molecule has 3 heteroatoms. The molecule has 0 N–H and O–H groups in total. The third kappa shape index (κ3) is 2.28. The van der Waals surface area contributed by atoms with E-state index in [1.807, 2.05) is 45.0 Å². The average Bonchev–Trinajstić information content (AvgIpc) is 2.74. The molecule has 0 radical (unpaired) electrons. The molecule has 88 valence electrons. The number of hydrogen-bond acceptors (Lipinski definition) is 2. The fourth-order valence-electron chi connectivity index (χ4n) is 1.77. The fourth-order valence-corrected chi connectivity index (χ4v) is 1.77. The van der Waals surface area contributed by atoms with Gasteiger partial charge in [0.2, 0.25) is 0 Å². The molecule has 1 aromatic carbocycles. The first-order chi connectivity index (χ1) is 8.11. The van der Waals surface area contributed by atoms with Gasteiger partial charge in [-0.25, -0.2) is 4.68 Å². The summed E-state index contributed by atoms with van der Waals surface area (Å²) < 4.78 is 1.76. The second-order valence-corrected chi connectivity index (χ2v) is 4.52. The van der Waals surface area contributed by atoms with Crippen LogP contribution in [0.2, 0.25) is 0 Å². The highest BCUT2D eigenvalue weighted by molar-refractivity contribution is 5.76. The first kappa shape index (κ1) is 11.6. The summed E-state index contributed by atoms with van der Waals surface area (Å²) >= 11 is 0. The van der Waals surface area contributed by atoms with Gasteiger partial charge in [-0.2, -0.15) is 5.10 Å². The van der Waals surface area contributed by atoms with Crippen molar-refractivity contribution >= 4 is 6.29 Å². The zero-order chi connectivity index (χ0) is 12.4. The van der Waals surface area contributed by atoms with Crippen LogP contribution in [0, 0.1) is 6.92 Å². The normalized spacial score (nSPS) is 10.8. The zero-order valence-corrected chi connectivity index (χ0v) is 10.3. The van der Waals surface area contributed by atoms with E-state index in [0.29, 0.717) is 5.56 Å². The van der Waals surface area contributed by atoms with Gasteiger partial charge in [0.05, 0.1) is 16.9 Å². The van der Waals surface area contributed by atoms with Crippen LogP contribution in [0.1, 0.15) is 41.4 Å². The topological polar surface area (TPSA) is 34.9 Å². The van der Waals surface area contributed by atoms with Crippen molar-refractivity contribution in [3.8, 4) is 5.69 Å². The van der Waals surface area contributed by atoms with Gasteiger partial charge < -0.3 is 0 Å². The molecular formula is C14H16N2O. The van der Waals surface area contributed by atoms with E-state index in [4.69, 9.17) is 0 Å². The minimum absolute atomic E-state index is 0.252. The number of hydrogen-bond donors (Lipinski definition) is 0. The lowest BCUT2D eigenvalue weighted by atomic mass is 10.1. The summed E-state index contributed by atoms with van der Waals surface area (Å²) in [6, 6.07) is 8.07. The van der Waals surface area contributed by atoms with Crippen molar-refractivity contribution in [2.45, 2.75) is 26.7 Å². The maximum absolute atomic E-state index is 11.0.